The number of halogens is 3. The van der Waals surface area contributed by atoms with Crippen LogP contribution in [-0.4, -0.2) is 4.98 Å². The second kappa shape index (κ2) is 2.84. The lowest BCUT2D eigenvalue weighted by Gasteiger charge is -1.97. The van der Waals surface area contributed by atoms with E-state index in [0.717, 1.165) is 0 Å². The van der Waals surface area contributed by atoms with E-state index in [2.05, 4.69) is 20.9 Å². The molecule has 4 heteroatoms. The van der Waals surface area contributed by atoms with E-state index in [1.165, 1.54) is 6.07 Å². The Morgan fingerprint density at radius 1 is 1.70 bits per heavy atom. The second-order valence-corrected chi connectivity index (χ2v) is 3.04. The van der Waals surface area contributed by atoms with Crippen molar-refractivity contribution in [3.63, 3.8) is 0 Å². The number of hydrogen-bond donors (Lipinski definition) is 0. The predicted molar refractivity (Wildman–Crippen MR) is 41.6 cm³/mol. The van der Waals surface area contributed by atoms with Crippen LogP contribution in [0.5, 0.6) is 0 Å². The van der Waals surface area contributed by atoms with Gasteiger partial charge in [-0.1, -0.05) is 11.6 Å². The summed E-state index contributed by atoms with van der Waals surface area (Å²) >= 11 is 8.61. The molecule has 54 valence electrons. The molecule has 0 aliphatic heterocycles. The van der Waals surface area contributed by atoms with E-state index in [9.17, 15) is 4.39 Å². The highest BCUT2D eigenvalue weighted by molar-refractivity contribution is 9.10. The Balaban J connectivity index is 3.28. The highest BCUT2D eigenvalue weighted by Gasteiger charge is 2.03. The Hall–Kier alpha value is -0.150. The highest BCUT2D eigenvalue weighted by atomic mass is 79.9. The first-order chi connectivity index (χ1) is 4.61. The van der Waals surface area contributed by atoms with Gasteiger partial charge < -0.3 is 0 Å². The van der Waals surface area contributed by atoms with E-state index in [0.29, 0.717) is 15.3 Å². The summed E-state index contributed by atoms with van der Waals surface area (Å²) in [5.74, 6) is -0.351. The molecule has 1 heterocycles. The van der Waals surface area contributed by atoms with Gasteiger partial charge in [0.05, 0.1) is 10.2 Å². The van der Waals surface area contributed by atoms with Crippen molar-refractivity contribution in [3.05, 3.63) is 27.2 Å². The van der Waals surface area contributed by atoms with Crippen molar-refractivity contribution in [2.24, 2.45) is 0 Å². The zero-order chi connectivity index (χ0) is 7.72. The lowest BCUT2D eigenvalue weighted by Crippen LogP contribution is -1.88. The average molecular weight is 224 g/mol. The molecule has 0 fully saturated rings. The fraction of sp³-hybridized carbons (Fsp3) is 0.167. The largest absolute Gasteiger partial charge is 0.237 e. The summed E-state index contributed by atoms with van der Waals surface area (Å²) in [6, 6.07) is 1.30. The summed E-state index contributed by atoms with van der Waals surface area (Å²) in [5.41, 5.74) is 0.313. The fourth-order valence-corrected chi connectivity index (χ4v) is 1.00. The fourth-order valence-electron chi connectivity index (χ4n) is 0.529. The van der Waals surface area contributed by atoms with Gasteiger partial charge in [0.25, 0.3) is 0 Å². The van der Waals surface area contributed by atoms with E-state index < -0.39 is 0 Å². The Bertz CT molecular complexity index is 214. The minimum absolute atomic E-state index is 0.291. The van der Waals surface area contributed by atoms with Crippen molar-refractivity contribution in [3.8, 4) is 0 Å². The van der Waals surface area contributed by atoms with Gasteiger partial charge in [-0.05, 0) is 28.9 Å². The standard InChI is InChI=1S/C6H4BrClFN/c1-3-5(9)2-4(7)6(8)10-3/h2H,1H3. The lowest BCUT2D eigenvalue weighted by molar-refractivity contribution is 0.608. The first-order valence-electron chi connectivity index (χ1n) is 2.59. The lowest BCUT2D eigenvalue weighted by atomic mass is 10.4. The van der Waals surface area contributed by atoms with Crippen LogP contribution < -0.4 is 0 Å². The van der Waals surface area contributed by atoms with E-state index in [4.69, 9.17) is 11.6 Å². The summed E-state index contributed by atoms with van der Waals surface area (Å²) in [7, 11) is 0. The molecule has 0 aliphatic rings. The van der Waals surface area contributed by atoms with Crippen LogP contribution in [-0.2, 0) is 0 Å². The van der Waals surface area contributed by atoms with E-state index in [1.807, 2.05) is 0 Å². The molecule has 1 rings (SSSR count). The van der Waals surface area contributed by atoms with Crippen LogP contribution in [0.1, 0.15) is 5.69 Å². The number of aryl methyl sites for hydroxylation is 1. The first kappa shape index (κ1) is 7.95. The Morgan fingerprint density at radius 3 is 2.80 bits per heavy atom. The Labute approximate surface area is 71.4 Å². The summed E-state index contributed by atoms with van der Waals surface area (Å²) in [5, 5.41) is 0.291. The van der Waals surface area contributed by atoms with Crippen LogP contribution >= 0.6 is 27.5 Å². The third-order valence-electron chi connectivity index (χ3n) is 1.06. The van der Waals surface area contributed by atoms with Crippen molar-refractivity contribution >= 4 is 27.5 Å². The molecule has 10 heavy (non-hydrogen) atoms. The SMILES string of the molecule is Cc1nc(Cl)c(Br)cc1F. The van der Waals surface area contributed by atoms with Gasteiger partial charge >= 0.3 is 0 Å². The number of pyridine rings is 1. The first-order valence-corrected chi connectivity index (χ1v) is 3.76. The van der Waals surface area contributed by atoms with Gasteiger partial charge in [0.15, 0.2) is 0 Å². The van der Waals surface area contributed by atoms with Crippen molar-refractivity contribution in [2.75, 3.05) is 0 Å². The number of nitrogens with zero attached hydrogens (tertiary/aromatic N) is 1. The zero-order valence-corrected chi connectivity index (χ0v) is 7.50. The summed E-state index contributed by atoms with van der Waals surface area (Å²) in [4.78, 5) is 3.72. The maximum Gasteiger partial charge on any atom is 0.145 e. The predicted octanol–water partition coefficient (Wildman–Crippen LogP) is 2.95. The third kappa shape index (κ3) is 1.47. The molecule has 0 bridgehead atoms. The Morgan fingerprint density at radius 2 is 2.30 bits per heavy atom. The van der Waals surface area contributed by atoms with Crippen molar-refractivity contribution < 1.29 is 4.39 Å². The molecule has 0 amide bonds. The van der Waals surface area contributed by atoms with Crippen LogP contribution in [0.4, 0.5) is 4.39 Å². The average Bonchev–Trinajstić information content (AvgIpc) is 1.84. The number of aromatic nitrogens is 1. The molecule has 1 nitrogen and oxygen atoms in total. The summed E-state index contributed by atoms with van der Waals surface area (Å²) < 4.78 is 13.1. The van der Waals surface area contributed by atoms with Gasteiger partial charge in [-0.3, -0.25) is 0 Å². The monoisotopic (exact) mass is 223 g/mol. The minimum atomic E-state index is -0.351. The Kier molecular flexibility index (Phi) is 2.26. The molecule has 0 N–H and O–H groups in total. The van der Waals surface area contributed by atoms with Crippen LogP contribution in [0.2, 0.25) is 5.15 Å². The molecule has 0 atom stereocenters. The topological polar surface area (TPSA) is 12.9 Å². The van der Waals surface area contributed by atoms with Crippen molar-refractivity contribution in [2.45, 2.75) is 6.92 Å². The maximum absolute atomic E-state index is 12.6. The molecule has 1 aromatic rings. The van der Waals surface area contributed by atoms with E-state index in [-0.39, 0.29) is 5.82 Å². The summed E-state index contributed by atoms with van der Waals surface area (Å²) in [6.45, 7) is 1.56. The van der Waals surface area contributed by atoms with Gasteiger partial charge in [-0.2, -0.15) is 0 Å². The molecular formula is C6H4BrClFN. The van der Waals surface area contributed by atoms with Gasteiger partial charge in [0, 0.05) is 0 Å². The normalized spacial score (nSPS) is 10.0. The number of hydrogen-bond acceptors (Lipinski definition) is 1. The molecule has 0 unspecified atom stereocenters. The quantitative estimate of drug-likeness (QED) is 0.618. The van der Waals surface area contributed by atoms with Gasteiger partial charge in [-0.25, -0.2) is 9.37 Å². The van der Waals surface area contributed by atoms with Crippen LogP contribution in [0.25, 0.3) is 0 Å². The molecule has 1 aromatic heterocycles. The summed E-state index contributed by atoms with van der Waals surface area (Å²) in [6.07, 6.45) is 0. The highest BCUT2D eigenvalue weighted by Crippen LogP contribution is 2.21. The molecule has 0 saturated carbocycles. The van der Waals surface area contributed by atoms with Crippen LogP contribution in [0, 0.1) is 12.7 Å². The van der Waals surface area contributed by atoms with Gasteiger partial charge in [-0.15, -0.1) is 0 Å². The van der Waals surface area contributed by atoms with E-state index >= 15 is 0 Å². The zero-order valence-electron chi connectivity index (χ0n) is 5.16. The molecule has 0 aromatic carbocycles. The molecule has 0 saturated heterocycles. The van der Waals surface area contributed by atoms with Crippen LogP contribution in [0.3, 0.4) is 0 Å². The number of rotatable bonds is 0. The minimum Gasteiger partial charge on any atom is -0.237 e. The molecule has 0 spiro atoms. The maximum atomic E-state index is 12.6. The van der Waals surface area contributed by atoms with Crippen molar-refractivity contribution in [1.29, 1.82) is 0 Å². The second-order valence-electron chi connectivity index (χ2n) is 1.83. The molecular weight excluding hydrogens is 220 g/mol. The smallest absolute Gasteiger partial charge is 0.145 e. The van der Waals surface area contributed by atoms with Gasteiger partial charge in [0.2, 0.25) is 0 Å². The molecule has 0 radical (unpaired) electrons. The van der Waals surface area contributed by atoms with Gasteiger partial charge in [0.1, 0.15) is 11.0 Å². The van der Waals surface area contributed by atoms with Crippen LogP contribution in [0.15, 0.2) is 10.5 Å². The third-order valence-corrected chi connectivity index (χ3v) is 2.18. The van der Waals surface area contributed by atoms with E-state index in [1.54, 1.807) is 6.92 Å². The van der Waals surface area contributed by atoms with Crippen molar-refractivity contribution in [1.82, 2.24) is 4.98 Å². The molecule has 0 aliphatic carbocycles.